The predicted octanol–water partition coefficient (Wildman–Crippen LogP) is 2.89. The fourth-order valence-corrected chi connectivity index (χ4v) is 1.60. The number of hydrogen-bond donors (Lipinski definition) is 1. The first-order valence-corrected chi connectivity index (χ1v) is 5.58. The van der Waals surface area contributed by atoms with Gasteiger partial charge >= 0.3 is 0 Å². The maximum Gasteiger partial charge on any atom is 0.171 e. The molecular formula is C12H12ClN3O2. The number of rotatable bonds is 4. The highest BCUT2D eigenvalue weighted by molar-refractivity contribution is 6.31. The highest BCUT2D eigenvalue weighted by atomic mass is 35.5. The Kier molecular flexibility index (Phi) is 3.84. The molecule has 0 spiro atoms. The lowest BCUT2D eigenvalue weighted by Crippen LogP contribution is -1.98. The third-order valence-corrected chi connectivity index (χ3v) is 2.59. The van der Waals surface area contributed by atoms with Crippen LogP contribution in [0.3, 0.4) is 0 Å². The SMILES string of the molecule is COc1ccc(OC)c(Nc2nccnc2Cl)c1. The molecule has 18 heavy (non-hydrogen) atoms. The summed E-state index contributed by atoms with van der Waals surface area (Å²) in [4.78, 5) is 8.04. The predicted molar refractivity (Wildman–Crippen MR) is 69.9 cm³/mol. The topological polar surface area (TPSA) is 56.3 Å². The van der Waals surface area contributed by atoms with Gasteiger partial charge in [-0.15, -0.1) is 0 Å². The number of ether oxygens (including phenoxy) is 2. The van der Waals surface area contributed by atoms with Crippen LogP contribution >= 0.6 is 11.6 Å². The van der Waals surface area contributed by atoms with E-state index in [0.717, 1.165) is 0 Å². The van der Waals surface area contributed by atoms with Crippen molar-refractivity contribution in [3.05, 3.63) is 35.7 Å². The standard InChI is InChI=1S/C12H12ClN3O2/c1-17-8-3-4-10(18-2)9(7-8)16-12-11(13)14-5-6-15-12/h3-7H,1-2H3,(H,15,16). The molecule has 1 heterocycles. The van der Waals surface area contributed by atoms with E-state index >= 15 is 0 Å². The number of benzene rings is 1. The first-order valence-electron chi connectivity index (χ1n) is 5.20. The Morgan fingerprint density at radius 3 is 2.56 bits per heavy atom. The van der Waals surface area contributed by atoms with E-state index in [1.807, 2.05) is 6.07 Å². The summed E-state index contributed by atoms with van der Waals surface area (Å²) in [6, 6.07) is 5.40. The maximum atomic E-state index is 5.94. The molecule has 0 bridgehead atoms. The van der Waals surface area contributed by atoms with Crippen LogP contribution in [0.2, 0.25) is 5.15 Å². The first-order chi connectivity index (χ1) is 8.74. The molecule has 2 rings (SSSR count). The van der Waals surface area contributed by atoms with Crippen molar-refractivity contribution < 1.29 is 9.47 Å². The summed E-state index contributed by atoms with van der Waals surface area (Å²) in [6.45, 7) is 0. The molecule has 1 N–H and O–H groups in total. The molecule has 0 aliphatic rings. The number of aromatic nitrogens is 2. The largest absolute Gasteiger partial charge is 0.497 e. The zero-order chi connectivity index (χ0) is 13.0. The monoisotopic (exact) mass is 265 g/mol. The van der Waals surface area contributed by atoms with Crippen molar-refractivity contribution >= 4 is 23.1 Å². The zero-order valence-corrected chi connectivity index (χ0v) is 10.7. The van der Waals surface area contributed by atoms with Crippen molar-refractivity contribution in [2.45, 2.75) is 0 Å². The summed E-state index contributed by atoms with van der Waals surface area (Å²) in [5, 5.41) is 3.35. The fourth-order valence-electron chi connectivity index (χ4n) is 1.44. The van der Waals surface area contributed by atoms with E-state index in [0.29, 0.717) is 28.2 Å². The smallest absolute Gasteiger partial charge is 0.171 e. The number of anilines is 2. The Labute approximate surface area is 110 Å². The number of hydrogen-bond acceptors (Lipinski definition) is 5. The van der Waals surface area contributed by atoms with E-state index < -0.39 is 0 Å². The summed E-state index contributed by atoms with van der Waals surface area (Å²) in [6.07, 6.45) is 3.08. The minimum absolute atomic E-state index is 0.294. The second kappa shape index (κ2) is 5.55. The van der Waals surface area contributed by atoms with Crippen molar-refractivity contribution in [2.75, 3.05) is 19.5 Å². The average molecular weight is 266 g/mol. The van der Waals surface area contributed by atoms with Gasteiger partial charge in [0.2, 0.25) is 0 Å². The summed E-state index contributed by atoms with van der Waals surface area (Å²) < 4.78 is 10.4. The Balaban J connectivity index is 2.35. The molecule has 0 atom stereocenters. The Morgan fingerprint density at radius 2 is 1.89 bits per heavy atom. The maximum absolute atomic E-state index is 5.94. The highest BCUT2D eigenvalue weighted by Crippen LogP contribution is 2.32. The van der Waals surface area contributed by atoms with Crippen LogP contribution in [0.15, 0.2) is 30.6 Å². The van der Waals surface area contributed by atoms with E-state index in [9.17, 15) is 0 Å². The Bertz CT molecular complexity index is 549. The van der Waals surface area contributed by atoms with Gasteiger partial charge in [0, 0.05) is 18.5 Å². The van der Waals surface area contributed by atoms with Gasteiger partial charge in [0.05, 0.1) is 19.9 Å². The van der Waals surface area contributed by atoms with E-state index in [-0.39, 0.29) is 0 Å². The number of methoxy groups -OCH3 is 2. The molecule has 0 fully saturated rings. The van der Waals surface area contributed by atoms with Crippen LogP contribution in [-0.2, 0) is 0 Å². The van der Waals surface area contributed by atoms with Crippen LogP contribution in [0.1, 0.15) is 0 Å². The quantitative estimate of drug-likeness (QED) is 0.921. The third-order valence-electron chi connectivity index (χ3n) is 2.31. The average Bonchev–Trinajstić information content (AvgIpc) is 2.41. The van der Waals surface area contributed by atoms with Crippen LogP contribution in [0.4, 0.5) is 11.5 Å². The van der Waals surface area contributed by atoms with Gasteiger partial charge in [0.25, 0.3) is 0 Å². The molecular weight excluding hydrogens is 254 g/mol. The molecule has 5 nitrogen and oxygen atoms in total. The Morgan fingerprint density at radius 1 is 1.11 bits per heavy atom. The van der Waals surface area contributed by atoms with Gasteiger partial charge in [-0.05, 0) is 12.1 Å². The molecule has 0 aliphatic carbocycles. The molecule has 0 unspecified atom stereocenters. The summed E-state index contributed by atoms with van der Waals surface area (Å²) in [7, 11) is 3.19. The van der Waals surface area contributed by atoms with E-state index in [2.05, 4.69) is 15.3 Å². The van der Waals surface area contributed by atoms with Crippen LogP contribution in [0.25, 0.3) is 0 Å². The molecule has 0 amide bonds. The van der Waals surface area contributed by atoms with Gasteiger partial charge < -0.3 is 14.8 Å². The second-order valence-electron chi connectivity index (χ2n) is 3.39. The first kappa shape index (κ1) is 12.4. The van der Waals surface area contributed by atoms with Crippen molar-refractivity contribution in [2.24, 2.45) is 0 Å². The minimum Gasteiger partial charge on any atom is -0.497 e. The van der Waals surface area contributed by atoms with Crippen molar-refractivity contribution in [3.63, 3.8) is 0 Å². The number of nitrogens with one attached hydrogen (secondary N) is 1. The van der Waals surface area contributed by atoms with Crippen LogP contribution in [-0.4, -0.2) is 24.2 Å². The van der Waals surface area contributed by atoms with Gasteiger partial charge in [0.1, 0.15) is 11.5 Å². The van der Waals surface area contributed by atoms with Gasteiger partial charge in [0.15, 0.2) is 11.0 Å². The molecule has 0 saturated heterocycles. The van der Waals surface area contributed by atoms with Crippen molar-refractivity contribution in [1.29, 1.82) is 0 Å². The van der Waals surface area contributed by atoms with E-state index in [4.69, 9.17) is 21.1 Å². The second-order valence-corrected chi connectivity index (χ2v) is 3.74. The van der Waals surface area contributed by atoms with Crippen LogP contribution in [0, 0.1) is 0 Å². The van der Waals surface area contributed by atoms with Crippen LogP contribution in [0.5, 0.6) is 11.5 Å². The molecule has 6 heteroatoms. The lowest BCUT2D eigenvalue weighted by Gasteiger charge is -2.12. The molecule has 0 radical (unpaired) electrons. The summed E-state index contributed by atoms with van der Waals surface area (Å²) in [5.74, 6) is 1.83. The minimum atomic E-state index is 0.294. The third kappa shape index (κ3) is 2.62. The Hall–Kier alpha value is -2.01. The van der Waals surface area contributed by atoms with Crippen molar-refractivity contribution in [3.8, 4) is 11.5 Å². The van der Waals surface area contributed by atoms with Gasteiger partial charge in [-0.1, -0.05) is 11.6 Å². The lowest BCUT2D eigenvalue weighted by molar-refractivity contribution is 0.405. The van der Waals surface area contributed by atoms with Crippen LogP contribution < -0.4 is 14.8 Å². The molecule has 1 aromatic carbocycles. The van der Waals surface area contributed by atoms with Crippen molar-refractivity contribution in [1.82, 2.24) is 9.97 Å². The molecule has 1 aromatic heterocycles. The lowest BCUT2D eigenvalue weighted by atomic mass is 10.2. The molecule has 0 saturated carbocycles. The zero-order valence-electron chi connectivity index (χ0n) is 9.98. The molecule has 94 valence electrons. The highest BCUT2D eigenvalue weighted by Gasteiger charge is 2.08. The van der Waals surface area contributed by atoms with E-state index in [1.54, 1.807) is 32.5 Å². The molecule has 0 aliphatic heterocycles. The molecule has 2 aromatic rings. The number of halogens is 1. The summed E-state index contributed by atoms with van der Waals surface area (Å²) >= 11 is 5.94. The van der Waals surface area contributed by atoms with Gasteiger partial charge in [-0.3, -0.25) is 0 Å². The van der Waals surface area contributed by atoms with Gasteiger partial charge in [-0.25, -0.2) is 9.97 Å². The normalized spacial score (nSPS) is 9.94. The number of nitrogens with zero attached hydrogens (tertiary/aromatic N) is 2. The van der Waals surface area contributed by atoms with E-state index in [1.165, 1.54) is 6.20 Å². The summed E-state index contributed by atoms with van der Waals surface area (Å²) in [5.41, 5.74) is 0.708. The van der Waals surface area contributed by atoms with Gasteiger partial charge in [-0.2, -0.15) is 0 Å². The fraction of sp³-hybridized carbons (Fsp3) is 0.167.